The van der Waals surface area contributed by atoms with Gasteiger partial charge >= 0.3 is 0 Å². The molecule has 0 aliphatic heterocycles. The normalized spacial score (nSPS) is 12.1. The summed E-state index contributed by atoms with van der Waals surface area (Å²) in [7, 11) is 0. The summed E-state index contributed by atoms with van der Waals surface area (Å²) in [6.07, 6.45) is 22.3. The van der Waals surface area contributed by atoms with Crippen LogP contribution in [0.25, 0.3) is 6.08 Å². The fraction of sp³-hybridized carbons (Fsp3) is 0.522. The number of aldehydes is 1. The summed E-state index contributed by atoms with van der Waals surface area (Å²) in [6, 6.07) is 0. The highest BCUT2D eigenvalue weighted by atomic mass is 32.2. The summed E-state index contributed by atoms with van der Waals surface area (Å²) >= 11 is 4.03. The van der Waals surface area contributed by atoms with E-state index in [2.05, 4.69) is 44.7 Å². The van der Waals surface area contributed by atoms with Crippen molar-refractivity contribution in [2.75, 3.05) is 5.75 Å². The molecule has 1 aromatic heterocycles. The summed E-state index contributed by atoms with van der Waals surface area (Å²) in [5, 5.41) is 0. The molecule has 26 heavy (non-hydrogen) atoms. The van der Waals surface area contributed by atoms with E-state index in [9.17, 15) is 4.79 Å². The topological polar surface area (TPSA) is 17.1 Å². The minimum atomic E-state index is 0.802. The quantitative estimate of drug-likeness (QED) is 0.107. The Hall–Kier alpha value is -1.06. The van der Waals surface area contributed by atoms with Crippen molar-refractivity contribution in [1.29, 1.82) is 0 Å². The number of unbranched alkanes of at least 4 members (excludes halogenated alkanes) is 3. The van der Waals surface area contributed by atoms with E-state index in [0.717, 1.165) is 6.29 Å². The molecule has 0 unspecified atom stereocenters. The zero-order valence-corrected chi connectivity index (χ0v) is 18.3. The molecule has 0 N–H and O–H groups in total. The lowest BCUT2D eigenvalue weighted by molar-refractivity contribution is -0.104. The summed E-state index contributed by atoms with van der Waals surface area (Å²) in [6.45, 7) is 6.81. The second-order valence-corrected chi connectivity index (χ2v) is 8.80. The van der Waals surface area contributed by atoms with Gasteiger partial charge in [0.05, 0.1) is 4.21 Å². The second kappa shape index (κ2) is 15.0. The van der Waals surface area contributed by atoms with Crippen LogP contribution < -0.4 is 0 Å². The van der Waals surface area contributed by atoms with Gasteiger partial charge in [0, 0.05) is 4.88 Å². The average Bonchev–Trinajstić information content (AvgIpc) is 2.97. The molecule has 0 amide bonds. The van der Waals surface area contributed by atoms with Gasteiger partial charge in [-0.25, -0.2) is 0 Å². The molecule has 1 nitrogen and oxygen atoms in total. The Morgan fingerprint density at radius 3 is 2.08 bits per heavy atom. The SMILES string of the molecule is CCCCSc1sc(/C=C/C=C/C=C/C=O)c(CCCC)c1CCCC. The summed E-state index contributed by atoms with van der Waals surface area (Å²) in [5.74, 6) is 1.23. The molecular weight excluding hydrogens is 356 g/mol. The lowest BCUT2D eigenvalue weighted by Gasteiger charge is -2.07. The van der Waals surface area contributed by atoms with E-state index in [-0.39, 0.29) is 0 Å². The first-order chi connectivity index (χ1) is 12.8. The first kappa shape index (κ1) is 23.0. The van der Waals surface area contributed by atoms with Crippen LogP contribution in [0.5, 0.6) is 0 Å². The first-order valence-corrected chi connectivity index (χ1v) is 11.8. The van der Waals surface area contributed by atoms with Gasteiger partial charge in [0.25, 0.3) is 0 Å². The number of hydrogen-bond donors (Lipinski definition) is 0. The molecule has 0 atom stereocenters. The Kier molecular flexibility index (Phi) is 13.3. The van der Waals surface area contributed by atoms with Crippen LogP contribution in [0.15, 0.2) is 34.6 Å². The maximum Gasteiger partial charge on any atom is 0.142 e. The maximum absolute atomic E-state index is 10.3. The zero-order chi connectivity index (χ0) is 19.0. The fourth-order valence-electron chi connectivity index (χ4n) is 2.67. The molecule has 3 heteroatoms. The number of hydrogen-bond acceptors (Lipinski definition) is 3. The van der Waals surface area contributed by atoms with E-state index in [1.165, 1.54) is 68.1 Å². The van der Waals surface area contributed by atoms with Crippen LogP contribution in [-0.4, -0.2) is 12.0 Å². The predicted octanol–water partition coefficient (Wildman–Crippen LogP) is 7.65. The molecule has 0 aliphatic rings. The van der Waals surface area contributed by atoms with Crippen LogP contribution in [0.4, 0.5) is 0 Å². The van der Waals surface area contributed by atoms with Crippen molar-refractivity contribution in [1.82, 2.24) is 0 Å². The summed E-state index contributed by atoms with van der Waals surface area (Å²) in [5.41, 5.74) is 3.20. The van der Waals surface area contributed by atoms with E-state index >= 15 is 0 Å². The highest BCUT2D eigenvalue weighted by Crippen LogP contribution is 2.39. The predicted molar refractivity (Wildman–Crippen MR) is 121 cm³/mol. The Bertz CT molecular complexity index is 594. The van der Waals surface area contributed by atoms with Gasteiger partial charge in [-0.15, -0.1) is 23.1 Å². The Balaban J connectivity index is 3.06. The molecule has 0 fully saturated rings. The minimum Gasteiger partial charge on any atom is -0.299 e. The molecular formula is C23H34OS2. The molecule has 1 aromatic rings. The Labute approximate surface area is 168 Å². The largest absolute Gasteiger partial charge is 0.299 e. The van der Waals surface area contributed by atoms with Crippen LogP contribution in [0.3, 0.4) is 0 Å². The van der Waals surface area contributed by atoms with Crippen molar-refractivity contribution in [3.63, 3.8) is 0 Å². The van der Waals surface area contributed by atoms with Gasteiger partial charge in [0.1, 0.15) is 6.29 Å². The molecule has 0 spiro atoms. The van der Waals surface area contributed by atoms with Crippen LogP contribution in [0.2, 0.25) is 0 Å². The molecule has 1 rings (SSSR count). The molecule has 0 aromatic carbocycles. The lowest BCUT2D eigenvalue weighted by Crippen LogP contribution is -1.94. The number of carbonyl (C=O) groups excluding carboxylic acids is 1. The Morgan fingerprint density at radius 2 is 1.42 bits per heavy atom. The number of carbonyl (C=O) groups is 1. The highest BCUT2D eigenvalue weighted by molar-refractivity contribution is 8.01. The monoisotopic (exact) mass is 390 g/mol. The van der Waals surface area contributed by atoms with Crippen molar-refractivity contribution < 1.29 is 4.79 Å². The standard InChI is InChI=1S/C23H34OS2/c1-4-7-15-20-21(16-8-5-2)23(25-19-9-6-3)26-22(20)17-13-11-10-12-14-18-24/h10-14,17-18H,4-9,15-16,19H2,1-3H3/b11-10+,14-12+,17-13+. The second-order valence-electron chi connectivity index (χ2n) is 6.38. The van der Waals surface area contributed by atoms with Crippen molar-refractivity contribution in [3.05, 3.63) is 46.4 Å². The number of allylic oxidation sites excluding steroid dienone is 5. The van der Waals surface area contributed by atoms with E-state index in [0.29, 0.717) is 0 Å². The average molecular weight is 391 g/mol. The van der Waals surface area contributed by atoms with Crippen LogP contribution in [0.1, 0.15) is 75.3 Å². The van der Waals surface area contributed by atoms with E-state index in [4.69, 9.17) is 0 Å². The smallest absolute Gasteiger partial charge is 0.142 e. The third-order valence-electron chi connectivity index (χ3n) is 4.17. The minimum absolute atomic E-state index is 0.802. The van der Waals surface area contributed by atoms with Gasteiger partial charge in [0.2, 0.25) is 0 Å². The van der Waals surface area contributed by atoms with E-state index < -0.39 is 0 Å². The van der Waals surface area contributed by atoms with Gasteiger partial charge < -0.3 is 0 Å². The van der Waals surface area contributed by atoms with E-state index in [1.54, 1.807) is 21.4 Å². The first-order valence-electron chi connectivity index (χ1n) is 10.0. The molecule has 0 radical (unpaired) electrons. The van der Waals surface area contributed by atoms with Crippen LogP contribution in [-0.2, 0) is 17.6 Å². The Morgan fingerprint density at radius 1 is 0.808 bits per heavy atom. The molecule has 144 valence electrons. The van der Waals surface area contributed by atoms with Crippen molar-refractivity contribution in [2.24, 2.45) is 0 Å². The molecule has 0 aliphatic carbocycles. The third-order valence-corrected chi connectivity index (χ3v) is 6.81. The molecule has 0 bridgehead atoms. The van der Waals surface area contributed by atoms with Crippen LogP contribution >= 0.6 is 23.1 Å². The lowest BCUT2D eigenvalue weighted by atomic mass is 10.0. The van der Waals surface area contributed by atoms with Crippen molar-refractivity contribution >= 4 is 35.5 Å². The fourth-order valence-corrected chi connectivity index (χ4v) is 5.49. The summed E-state index contributed by atoms with van der Waals surface area (Å²) < 4.78 is 1.54. The third kappa shape index (κ3) is 8.55. The van der Waals surface area contributed by atoms with Gasteiger partial charge in [-0.05, 0) is 61.1 Å². The number of thiophene rings is 1. The van der Waals surface area contributed by atoms with Gasteiger partial charge in [0.15, 0.2) is 0 Å². The molecule has 0 saturated heterocycles. The highest BCUT2D eigenvalue weighted by Gasteiger charge is 2.16. The maximum atomic E-state index is 10.3. The summed E-state index contributed by atoms with van der Waals surface area (Å²) in [4.78, 5) is 11.7. The van der Waals surface area contributed by atoms with Crippen LogP contribution in [0, 0.1) is 0 Å². The molecule has 1 heterocycles. The van der Waals surface area contributed by atoms with Gasteiger partial charge in [-0.3, -0.25) is 4.79 Å². The molecule has 0 saturated carbocycles. The van der Waals surface area contributed by atoms with Gasteiger partial charge in [-0.2, -0.15) is 0 Å². The van der Waals surface area contributed by atoms with Crippen molar-refractivity contribution in [3.8, 4) is 0 Å². The van der Waals surface area contributed by atoms with Gasteiger partial charge in [-0.1, -0.05) is 64.3 Å². The number of thioether (sulfide) groups is 1. The zero-order valence-electron chi connectivity index (χ0n) is 16.6. The number of rotatable bonds is 14. The van der Waals surface area contributed by atoms with E-state index in [1.807, 2.05) is 23.5 Å². The van der Waals surface area contributed by atoms with Crippen molar-refractivity contribution in [2.45, 2.75) is 76.3 Å².